The molecule has 1 aliphatic rings. The lowest BCUT2D eigenvalue weighted by molar-refractivity contribution is -0.388. The summed E-state index contributed by atoms with van der Waals surface area (Å²) in [5, 5.41) is 13.9. The number of nitrogens with one attached hydrogen (secondary N) is 2. The van der Waals surface area contributed by atoms with Crippen LogP contribution in [0.2, 0.25) is 0 Å². The molecule has 1 saturated carbocycles. The van der Waals surface area contributed by atoms with Gasteiger partial charge in [-0.3, -0.25) is 10.1 Å². The third kappa shape index (κ3) is 3.71. The Morgan fingerprint density at radius 1 is 1.35 bits per heavy atom. The maximum absolute atomic E-state index is 13.0. The summed E-state index contributed by atoms with van der Waals surface area (Å²) in [6, 6.07) is 2.81. The molecule has 1 aromatic rings. The molecule has 0 spiro atoms. The minimum Gasteiger partial charge on any atom is -0.313 e. The Bertz CT molecular complexity index is 616. The van der Waals surface area contributed by atoms with Gasteiger partial charge in [-0.05, 0) is 25.0 Å². The normalized spacial score (nSPS) is 15.2. The van der Waals surface area contributed by atoms with Gasteiger partial charge >= 0.3 is 0 Å². The van der Waals surface area contributed by atoms with Crippen molar-refractivity contribution >= 4 is 15.7 Å². The van der Waals surface area contributed by atoms with Crippen LogP contribution in [0.5, 0.6) is 0 Å². The van der Waals surface area contributed by atoms with Crippen molar-refractivity contribution in [3.8, 4) is 0 Å². The Morgan fingerprint density at radius 3 is 2.65 bits per heavy atom. The number of sulfonamides is 1. The first-order chi connectivity index (χ1) is 9.40. The third-order valence-corrected chi connectivity index (χ3v) is 4.34. The molecule has 0 unspecified atom stereocenters. The van der Waals surface area contributed by atoms with Crippen molar-refractivity contribution in [1.29, 1.82) is 0 Å². The highest BCUT2D eigenvalue weighted by Gasteiger charge is 2.26. The molecule has 7 nitrogen and oxygen atoms in total. The predicted molar refractivity (Wildman–Crippen MR) is 69.3 cm³/mol. The molecule has 20 heavy (non-hydrogen) atoms. The molecule has 0 atom stereocenters. The highest BCUT2D eigenvalue weighted by molar-refractivity contribution is 7.89. The molecular formula is C11H14FN3O4S. The zero-order valence-corrected chi connectivity index (χ0v) is 11.3. The molecule has 1 aromatic carbocycles. The van der Waals surface area contributed by atoms with Crippen molar-refractivity contribution in [2.45, 2.75) is 23.8 Å². The average Bonchev–Trinajstić information content (AvgIpc) is 3.18. The van der Waals surface area contributed by atoms with Crippen molar-refractivity contribution in [3.63, 3.8) is 0 Å². The SMILES string of the molecule is O=[N+]([O-])c1cc(F)ccc1S(=O)(=O)NCCNC1CC1. The molecule has 9 heteroatoms. The standard InChI is InChI=1S/C11H14FN3O4S/c12-8-1-4-11(10(7-8)15(16)17)20(18,19)14-6-5-13-9-2-3-9/h1,4,7,9,13-14H,2-3,5-6H2. The van der Waals surface area contributed by atoms with Crippen molar-refractivity contribution < 1.29 is 17.7 Å². The van der Waals surface area contributed by atoms with Crippen molar-refractivity contribution in [2.75, 3.05) is 13.1 Å². The second-order valence-corrected chi connectivity index (χ2v) is 6.23. The number of hydrogen-bond acceptors (Lipinski definition) is 5. The van der Waals surface area contributed by atoms with Gasteiger partial charge in [0.15, 0.2) is 4.90 Å². The van der Waals surface area contributed by atoms with Crippen LogP contribution in [0.3, 0.4) is 0 Å². The zero-order valence-electron chi connectivity index (χ0n) is 10.5. The fourth-order valence-corrected chi connectivity index (χ4v) is 2.87. The molecule has 1 fully saturated rings. The van der Waals surface area contributed by atoms with E-state index in [1.807, 2.05) is 0 Å². The second kappa shape index (κ2) is 5.81. The summed E-state index contributed by atoms with van der Waals surface area (Å²) in [6.45, 7) is 0.562. The van der Waals surface area contributed by atoms with Crippen LogP contribution in [0.15, 0.2) is 23.1 Å². The van der Waals surface area contributed by atoms with Gasteiger partial charge in [0.1, 0.15) is 5.82 Å². The molecule has 1 aliphatic carbocycles. The Balaban J connectivity index is 2.09. The first kappa shape index (κ1) is 14.8. The zero-order chi connectivity index (χ0) is 14.8. The third-order valence-electron chi connectivity index (χ3n) is 2.83. The van der Waals surface area contributed by atoms with E-state index in [4.69, 9.17) is 0 Å². The lowest BCUT2D eigenvalue weighted by atomic mass is 10.3. The maximum Gasteiger partial charge on any atom is 0.292 e. The van der Waals surface area contributed by atoms with Gasteiger partial charge < -0.3 is 5.32 Å². The number of benzene rings is 1. The predicted octanol–water partition coefficient (Wildman–Crippen LogP) is 0.764. The van der Waals surface area contributed by atoms with Crippen LogP contribution in [0, 0.1) is 15.9 Å². The molecule has 0 saturated heterocycles. The average molecular weight is 303 g/mol. The smallest absolute Gasteiger partial charge is 0.292 e. The minimum atomic E-state index is -4.03. The topological polar surface area (TPSA) is 101 Å². The van der Waals surface area contributed by atoms with Crippen LogP contribution in [-0.2, 0) is 10.0 Å². The quantitative estimate of drug-likeness (QED) is 0.440. The lowest BCUT2D eigenvalue weighted by Gasteiger charge is -2.08. The van der Waals surface area contributed by atoms with E-state index in [1.54, 1.807) is 0 Å². The van der Waals surface area contributed by atoms with Crippen molar-refractivity contribution in [2.24, 2.45) is 0 Å². The Kier molecular flexibility index (Phi) is 4.31. The number of halogens is 1. The molecule has 0 aliphatic heterocycles. The first-order valence-corrected chi connectivity index (χ1v) is 7.55. The Labute approximate surface area is 115 Å². The van der Waals surface area contributed by atoms with Gasteiger partial charge in [0.25, 0.3) is 5.69 Å². The van der Waals surface area contributed by atoms with Crippen molar-refractivity contribution in [1.82, 2.24) is 10.0 Å². The van der Waals surface area contributed by atoms with E-state index in [2.05, 4.69) is 10.0 Å². The number of nitro benzene ring substituents is 1. The molecular weight excluding hydrogens is 289 g/mol. The van der Waals surface area contributed by atoms with Crippen LogP contribution in [-0.4, -0.2) is 32.5 Å². The van der Waals surface area contributed by atoms with E-state index >= 15 is 0 Å². The molecule has 0 radical (unpaired) electrons. The second-order valence-electron chi connectivity index (χ2n) is 4.50. The van der Waals surface area contributed by atoms with E-state index in [0.717, 1.165) is 25.0 Å². The molecule has 2 N–H and O–H groups in total. The van der Waals surface area contributed by atoms with E-state index < -0.39 is 31.3 Å². The van der Waals surface area contributed by atoms with Gasteiger partial charge in [0, 0.05) is 19.1 Å². The Morgan fingerprint density at radius 2 is 2.05 bits per heavy atom. The lowest BCUT2D eigenvalue weighted by Crippen LogP contribution is -2.33. The molecule has 2 rings (SSSR count). The monoisotopic (exact) mass is 303 g/mol. The van der Waals surface area contributed by atoms with E-state index in [0.29, 0.717) is 18.7 Å². The highest BCUT2D eigenvalue weighted by Crippen LogP contribution is 2.24. The summed E-state index contributed by atoms with van der Waals surface area (Å²) in [7, 11) is -4.03. The van der Waals surface area contributed by atoms with E-state index in [-0.39, 0.29) is 6.54 Å². The van der Waals surface area contributed by atoms with Gasteiger partial charge in [0.05, 0.1) is 11.0 Å². The van der Waals surface area contributed by atoms with Gasteiger partial charge in [-0.15, -0.1) is 0 Å². The highest BCUT2D eigenvalue weighted by atomic mass is 32.2. The molecule has 0 heterocycles. The molecule has 0 amide bonds. The number of rotatable bonds is 7. The van der Waals surface area contributed by atoms with Crippen molar-refractivity contribution in [3.05, 3.63) is 34.1 Å². The van der Waals surface area contributed by atoms with Crippen LogP contribution in [0.1, 0.15) is 12.8 Å². The van der Waals surface area contributed by atoms with E-state index in [9.17, 15) is 22.9 Å². The van der Waals surface area contributed by atoms with Gasteiger partial charge in [-0.2, -0.15) is 0 Å². The first-order valence-electron chi connectivity index (χ1n) is 6.07. The summed E-state index contributed by atoms with van der Waals surface area (Å²) in [4.78, 5) is 9.33. The van der Waals surface area contributed by atoms with Gasteiger partial charge in [-0.25, -0.2) is 17.5 Å². The van der Waals surface area contributed by atoms with E-state index in [1.165, 1.54) is 0 Å². The summed E-state index contributed by atoms with van der Waals surface area (Å²) >= 11 is 0. The Hall–Kier alpha value is -1.58. The fraction of sp³-hybridized carbons (Fsp3) is 0.455. The number of nitro groups is 1. The summed E-state index contributed by atoms with van der Waals surface area (Å²) in [6.07, 6.45) is 2.16. The van der Waals surface area contributed by atoms with Crippen LogP contribution >= 0.6 is 0 Å². The molecule has 0 bridgehead atoms. The maximum atomic E-state index is 13.0. The summed E-state index contributed by atoms with van der Waals surface area (Å²) in [5.41, 5.74) is -0.771. The van der Waals surface area contributed by atoms with Crippen LogP contribution in [0.4, 0.5) is 10.1 Å². The largest absolute Gasteiger partial charge is 0.313 e. The van der Waals surface area contributed by atoms with Crippen LogP contribution in [0.25, 0.3) is 0 Å². The molecule has 0 aromatic heterocycles. The summed E-state index contributed by atoms with van der Waals surface area (Å²) < 4.78 is 39.2. The fourth-order valence-electron chi connectivity index (χ4n) is 1.69. The number of nitrogens with zero attached hydrogens (tertiary/aromatic N) is 1. The summed E-state index contributed by atoms with van der Waals surface area (Å²) in [5.74, 6) is -0.856. The number of hydrogen-bond donors (Lipinski definition) is 2. The molecule has 110 valence electrons. The van der Waals surface area contributed by atoms with Crippen LogP contribution < -0.4 is 10.0 Å². The van der Waals surface area contributed by atoms with Gasteiger partial charge in [-0.1, -0.05) is 0 Å². The van der Waals surface area contributed by atoms with Gasteiger partial charge in [0.2, 0.25) is 10.0 Å². The minimum absolute atomic E-state index is 0.118.